The normalized spacial score (nSPS) is 20.0. The average Bonchev–Trinajstić information content (AvgIpc) is 2.81. The van der Waals surface area contributed by atoms with Gasteiger partial charge in [-0.1, -0.05) is 38.1 Å². The topological polar surface area (TPSA) is 58.6 Å². The van der Waals surface area contributed by atoms with Crippen LogP contribution in [0.25, 0.3) is 0 Å². The summed E-state index contributed by atoms with van der Waals surface area (Å²) in [4.78, 5) is 28.2. The molecule has 0 saturated carbocycles. The van der Waals surface area contributed by atoms with Gasteiger partial charge in [0.05, 0.1) is 23.5 Å². The van der Waals surface area contributed by atoms with Crippen LogP contribution in [0, 0.1) is 5.41 Å². The Morgan fingerprint density at radius 2 is 1.77 bits per heavy atom. The molecule has 2 aliphatic rings. The molecule has 1 aliphatic heterocycles. The van der Waals surface area contributed by atoms with Crippen LogP contribution in [0.2, 0.25) is 0 Å². The number of carbonyl (C=O) groups is 2. The highest BCUT2D eigenvalue weighted by molar-refractivity contribution is 6.05. The molecule has 0 saturated heterocycles. The SMILES string of the molecule is CC(=O)N1c2ccccc2NC2=C(C(=O)CC(C)(C)C2)[C@@H]1c1ccc(OC(C)C)cc1. The lowest BCUT2D eigenvalue weighted by Gasteiger charge is -2.36. The van der Waals surface area contributed by atoms with Crippen molar-refractivity contribution in [3.63, 3.8) is 0 Å². The van der Waals surface area contributed by atoms with Crippen LogP contribution in [0.1, 0.15) is 59.1 Å². The lowest BCUT2D eigenvalue weighted by Crippen LogP contribution is -2.38. The fourth-order valence-corrected chi connectivity index (χ4v) is 4.65. The van der Waals surface area contributed by atoms with Crippen molar-refractivity contribution in [3.05, 3.63) is 65.4 Å². The summed E-state index contributed by atoms with van der Waals surface area (Å²) in [5.41, 5.74) is 3.97. The highest BCUT2D eigenvalue weighted by Gasteiger charge is 2.42. The molecule has 1 atom stereocenters. The minimum absolute atomic E-state index is 0.0741. The van der Waals surface area contributed by atoms with Crippen molar-refractivity contribution >= 4 is 23.1 Å². The molecule has 4 rings (SSSR count). The number of ether oxygens (including phenoxy) is 1. The minimum atomic E-state index is -0.486. The second-order valence-electron chi connectivity index (χ2n) is 9.50. The van der Waals surface area contributed by atoms with E-state index in [4.69, 9.17) is 4.74 Å². The number of para-hydroxylation sites is 2. The van der Waals surface area contributed by atoms with Crippen LogP contribution in [-0.4, -0.2) is 17.8 Å². The van der Waals surface area contributed by atoms with Gasteiger partial charge in [-0.25, -0.2) is 0 Å². The molecule has 1 aliphatic carbocycles. The zero-order valence-corrected chi connectivity index (χ0v) is 18.9. The van der Waals surface area contributed by atoms with Gasteiger partial charge >= 0.3 is 0 Å². The van der Waals surface area contributed by atoms with Crippen LogP contribution >= 0.6 is 0 Å². The number of anilines is 2. The Morgan fingerprint density at radius 1 is 1.10 bits per heavy atom. The first kappa shape index (κ1) is 21.2. The summed E-state index contributed by atoms with van der Waals surface area (Å²) in [7, 11) is 0. The Bertz CT molecular complexity index is 1050. The summed E-state index contributed by atoms with van der Waals surface area (Å²) in [5, 5.41) is 3.51. The van der Waals surface area contributed by atoms with Gasteiger partial charge in [-0.05, 0) is 55.5 Å². The van der Waals surface area contributed by atoms with Gasteiger partial charge in [0.25, 0.3) is 0 Å². The molecule has 5 nitrogen and oxygen atoms in total. The number of hydrogen-bond donors (Lipinski definition) is 1. The third-order valence-corrected chi connectivity index (χ3v) is 5.81. The van der Waals surface area contributed by atoms with Gasteiger partial charge in [0, 0.05) is 24.6 Å². The van der Waals surface area contributed by atoms with Crippen molar-refractivity contribution in [1.29, 1.82) is 0 Å². The van der Waals surface area contributed by atoms with Gasteiger partial charge in [-0.2, -0.15) is 0 Å². The molecule has 0 spiro atoms. The predicted octanol–water partition coefficient (Wildman–Crippen LogP) is 5.64. The molecule has 0 aromatic heterocycles. The fraction of sp³-hybridized carbons (Fsp3) is 0.385. The molecule has 0 fully saturated rings. The van der Waals surface area contributed by atoms with E-state index in [1.54, 1.807) is 11.8 Å². The van der Waals surface area contributed by atoms with E-state index in [2.05, 4.69) is 19.2 Å². The van der Waals surface area contributed by atoms with E-state index < -0.39 is 6.04 Å². The first-order valence-corrected chi connectivity index (χ1v) is 10.8. The van der Waals surface area contributed by atoms with Crippen LogP contribution in [0.4, 0.5) is 11.4 Å². The number of rotatable bonds is 3. The smallest absolute Gasteiger partial charge is 0.224 e. The maximum absolute atomic E-state index is 13.5. The monoisotopic (exact) mass is 418 g/mol. The Morgan fingerprint density at radius 3 is 2.42 bits per heavy atom. The summed E-state index contributed by atoms with van der Waals surface area (Å²) >= 11 is 0. The third kappa shape index (κ3) is 4.09. The van der Waals surface area contributed by atoms with Crippen LogP contribution in [0.5, 0.6) is 5.75 Å². The number of ketones is 1. The number of Topliss-reactive ketones (excluding diaryl/α,β-unsaturated/α-hetero) is 1. The first-order valence-electron chi connectivity index (χ1n) is 10.8. The lowest BCUT2D eigenvalue weighted by molar-refractivity contribution is -0.118. The van der Waals surface area contributed by atoms with Gasteiger partial charge in [0.2, 0.25) is 5.91 Å². The van der Waals surface area contributed by atoms with Crippen LogP contribution in [0.3, 0.4) is 0 Å². The van der Waals surface area contributed by atoms with Crippen molar-refractivity contribution in [3.8, 4) is 5.75 Å². The molecule has 1 amide bonds. The number of hydrogen-bond acceptors (Lipinski definition) is 4. The minimum Gasteiger partial charge on any atom is -0.491 e. The molecule has 0 unspecified atom stereocenters. The second-order valence-corrected chi connectivity index (χ2v) is 9.50. The first-order chi connectivity index (χ1) is 14.7. The molecule has 1 N–H and O–H groups in total. The number of carbonyl (C=O) groups excluding carboxylic acids is 2. The van der Waals surface area contributed by atoms with Crippen molar-refractivity contribution in [2.45, 2.75) is 59.6 Å². The van der Waals surface area contributed by atoms with Crippen molar-refractivity contribution < 1.29 is 14.3 Å². The fourth-order valence-electron chi connectivity index (χ4n) is 4.65. The molecule has 31 heavy (non-hydrogen) atoms. The van der Waals surface area contributed by atoms with E-state index in [0.29, 0.717) is 12.0 Å². The van der Waals surface area contributed by atoms with Crippen LogP contribution in [0.15, 0.2) is 59.8 Å². The van der Waals surface area contributed by atoms with Gasteiger partial charge in [0.15, 0.2) is 5.78 Å². The number of fused-ring (bicyclic) bond motifs is 1. The lowest BCUT2D eigenvalue weighted by atomic mass is 9.73. The van der Waals surface area contributed by atoms with Gasteiger partial charge in [0.1, 0.15) is 5.75 Å². The summed E-state index contributed by atoms with van der Waals surface area (Å²) < 4.78 is 5.79. The Hall–Kier alpha value is -3.08. The van der Waals surface area contributed by atoms with E-state index in [1.807, 2.05) is 62.4 Å². The Kier molecular flexibility index (Phi) is 5.38. The summed E-state index contributed by atoms with van der Waals surface area (Å²) in [6, 6.07) is 15.0. The molecule has 2 aromatic carbocycles. The van der Waals surface area contributed by atoms with Crippen molar-refractivity contribution in [2.24, 2.45) is 5.41 Å². The number of allylic oxidation sites excluding steroid dienone is 1. The second kappa shape index (κ2) is 7.88. The highest BCUT2D eigenvalue weighted by atomic mass is 16.5. The van der Waals surface area contributed by atoms with Crippen LogP contribution < -0.4 is 15.0 Å². The summed E-state index contributed by atoms with van der Waals surface area (Å²) in [6.07, 6.45) is 1.28. The predicted molar refractivity (Wildman–Crippen MR) is 123 cm³/mol. The molecule has 1 heterocycles. The zero-order chi connectivity index (χ0) is 22.3. The zero-order valence-electron chi connectivity index (χ0n) is 18.9. The van der Waals surface area contributed by atoms with Crippen molar-refractivity contribution in [1.82, 2.24) is 0 Å². The molecular formula is C26H30N2O3. The van der Waals surface area contributed by atoms with E-state index in [1.165, 1.54) is 0 Å². The molecule has 0 radical (unpaired) electrons. The van der Waals surface area contributed by atoms with E-state index >= 15 is 0 Å². The summed E-state index contributed by atoms with van der Waals surface area (Å²) in [5.74, 6) is 0.754. The molecule has 5 heteroatoms. The molecule has 2 aromatic rings. The standard InChI is InChI=1S/C26H30N2O3/c1-16(2)31-19-12-10-18(11-13-19)25-24-21(14-26(4,5)15-23(24)30)27-20-8-6-7-9-22(20)28(25)17(3)29/h6-13,16,25,27H,14-15H2,1-5H3/t25-/m0/s1. The number of nitrogens with zero attached hydrogens (tertiary/aromatic N) is 1. The molecule has 162 valence electrons. The molecule has 0 bridgehead atoms. The number of nitrogens with one attached hydrogen (secondary N) is 1. The van der Waals surface area contributed by atoms with Crippen molar-refractivity contribution in [2.75, 3.05) is 10.2 Å². The average molecular weight is 419 g/mol. The maximum Gasteiger partial charge on any atom is 0.224 e. The van der Waals surface area contributed by atoms with Crippen LogP contribution in [-0.2, 0) is 9.59 Å². The Labute approximate surface area is 184 Å². The van der Waals surface area contributed by atoms with Gasteiger partial charge in [-0.3, -0.25) is 14.5 Å². The molecular weight excluding hydrogens is 388 g/mol. The number of benzene rings is 2. The maximum atomic E-state index is 13.5. The third-order valence-electron chi connectivity index (χ3n) is 5.81. The Balaban J connectivity index is 1.91. The van der Waals surface area contributed by atoms with E-state index in [-0.39, 0.29) is 23.2 Å². The summed E-state index contributed by atoms with van der Waals surface area (Å²) in [6.45, 7) is 9.76. The number of amides is 1. The quantitative estimate of drug-likeness (QED) is 0.701. The largest absolute Gasteiger partial charge is 0.491 e. The van der Waals surface area contributed by atoms with E-state index in [0.717, 1.165) is 34.8 Å². The highest BCUT2D eigenvalue weighted by Crippen LogP contribution is 2.48. The van der Waals surface area contributed by atoms with Gasteiger partial charge in [-0.15, -0.1) is 0 Å². The van der Waals surface area contributed by atoms with Gasteiger partial charge < -0.3 is 10.1 Å². The van der Waals surface area contributed by atoms with E-state index in [9.17, 15) is 9.59 Å².